The van der Waals surface area contributed by atoms with Crippen molar-refractivity contribution < 1.29 is 8.42 Å². The van der Waals surface area contributed by atoms with Crippen LogP contribution < -0.4 is 10.0 Å². The molecule has 0 amide bonds. The van der Waals surface area contributed by atoms with E-state index < -0.39 is 10.0 Å². The number of nitrogens with one attached hydrogen (secondary N) is 2. The molecular formula is C11H20N4O2S. The number of sulfonamides is 1. The lowest BCUT2D eigenvalue weighted by Crippen LogP contribution is -2.26. The van der Waals surface area contributed by atoms with Gasteiger partial charge >= 0.3 is 0 Å². The third-order valence-corrected chi connectivity index (χ3v) is 3.79. The van der Waals surface area contributed by atoms with Crippen molar-refractivity contribution in [3.63, 3.8) is 0 Å². The van der Waals surface area contributed by atoms with E-state index >= 15 is 0 Å². The second kappa shape index (κ2) is 6.10. The summed E-state index contributed by atoms with van der Waals surface area (Å²) in [5.74, 6) is 0.788. The van der Waals surface area contributed by atoms with Gasteiger partial charge in [0.25, 0.3) is 0 Å². The summed E-state index contributed by atoms with van der Waals surface area (Å²) in [5.41, 5.74) is 1.81. The zero-order valence-corrected chi connectivity index (χ0v) is 12.0. The van der Waals surface area contributed by atoms with Crippen LogP contribution in [0.5, 0.6) is 0 Å². The summed E-state index contributed by atoms with van der Waals surface area (Å²) in [4.78, 5) is 8.57. The van der Waals surface area contributed by atoms with Gasteiger partial charge in [0.1, 0.15) is 0 Å². The molecule has 1 aromatic rings. The van der Waals surface area contributed by atoms with E-state index in [0.29, 0.717) is 11.9 Å². The summed E-state index contributed by atoms with van der Waals surface area (Å²) in [6, 6.07) is 1.93. The molecule has 7 heteroatoms. The molecule has 1 heterocycles. The Morgan fingerprint density at radius 1 is 1.33 bits per heavy atom. The largest absolute Gasteiger partial charge is 0.353 e. The molecule has 18 heavy (non-hydrogen) atoms. The molecule has 1 aromatic heterocycles. The zero-order chi connectivity index (χ0) is 13.8. The van der Waals surface area contributed by atoms with Crippen LogP contribution in [-0.2, 0) is 10.0 Å². The number of nitrogens with zero attached hydrogens (tertiary/aromatic N) is 2. The SMILES string of the molecule is CNS(=O)(=O)CCNc1nc(C)cc(C(C)C)n1. The minimum Gasteiger partial charge on any atom is -0.353 e. The van der Waals surface area contributed by atoms with E-state index in [-0.39, 0.29) is 12.3 Å². The molecule has 0 saturated carbocycles. The summed E-state index contributed by atoms with van der Waals surface area (Å²) in [5, 5.41) is 2.93. The summed E-state index contributed by atoms with van der Waals surface area (Å²) in [6.07, 6.45) is 0. The van der Waals surface area contributed by atoms with E-state index in [0.717, 1.165) is 11.4 Å². The van der Waals surface area contributed by atoms with E-state index in [2.05, 4.69) is 33.9 Å². The van der Waals surface area contributed by atoms with Gasteiger partial charge in [-0.1, -0.05) is 13.8 Å². The number of anilines is 1. The maximum atomic E-state index is 11.2. The Morgan fingerprint density at radius 2 is 2.00 bits per heavy atom. The minimum absolute atomic E-state index is 0.00217. The number of rotatable bonds is 6. The van der Waals surface area contributed by atoms with Crippen LogP contribution in [0.2, 0.25) is 0 Å². The first kappa shape index (κ1) is 14.8. The van der Waals surface area contributed by atoms with Gasteiger partial charge in [0.15, 0.2) is 0 Å². The predicted octanol–water partition coefficient (Wildman–Crippen LogP) is 0.870. The Morgan fingerprint density at radius 3 is 2.56 bits per heavy atom. The van der Waals surface area contributed by atoms with Crippen molar-refractivity contribution in [1.29, 1.82) is 0 Å². The fourth-order valence-corrected chi connectivity index (χ4v) is 1.94. The Bertz CT molecular complexity index is 500. The van der Waals surface area contributed by atoms with Crippen LogP contribution in [0.25, 0.3) is 0 Å². The standard InChI is InChI=1S/C11H20N4O2S/c1-8(2)10-7-9(3)14-11(15-10)13-5-6-18(16,17)12-4/h7-8,12H,5-6H2,1-4H3,(H,13,14,15). The summed E-state index contributed by atoms with van der Waals surface area (Å²) in [6.45, 7) is 6.28. The lowest BCUT2D eigenvalue weighted by Gasteiger charge is -2.10. The van der Waals surface area contributed by atoms with E-state index in [1.807, 2.05) is 13.0 Å². The van der Waals surface area contributed by atoms with Crippen LogP contribution in [0.1, 0.15) is 31.2 Å². The van der Waals surface area contributed by atoms with Gasteiger partial charge in [-0.05, 0) is 26.0 Å². The summed E-state index contributed by atoms with van der Waals surface area (Å²) < 4.78 is 24.7. The van der Waals surface area contributed by atoms with Gasteiger partial charge in [0.05, 0.1) is 5.75 Å². The number of aryl methyl sites for hydroxylation is 1. The Kier molecular flexibility index (Phi) is 5.03. The van der Waals surface area contributed by atoms with Gasteiger partial charge < -0.3 is 5.32 Å². The van der Waals surface area contributed by atoms with Gasteiger partial charge in [0, 0.05) is 17.9 Å². The van der Waals surface area contributed by atoms with Gasteiger partial charge in [-0.3, -0.25) is 0 Å². The second-order valence-electron chi connectivity index (χ2n) is 4.36. The molecule has 0 aliphatic carbocycles. The van der Waals surface area contributed by atoms with Crippen molar-refractivity contribution in [2.75, 3.05) is 24.7 Å². The normalized spacial score (nSPS) is 11.8. The molecule has 0 atom stereocenters. The third kappa shape index (κ3) is 4.58. The minimum atomic E-state index is -3.19. The van der Waals surface area contributed by atoms with Crippen molar-refractivity contribution in [1.82, 2.24) is 14.7 Å². The van der Waals surface area contributed by atoms with Crippen LogP contribution in [0, 0.1) is 6.92 Å². The van der Waals surface area contributed by atoms with Gasteiger partial charge in [-0.25, -0.2) is 23.1 Å². The van der Waals surface area contributed by atoms with Crippen LogP contribution >= 0.6 is 0 Å². The van der Waals surface area contributed by atoms with Gasteiger partial charge in [-0.15, -0.1) is 0 Å². The fourth-order valence-electron chi connectivity index (χ4n) is 1.37. The highest BCUT2D eigenvalue weighted by molar-refractivity contribution is 7.89. The molecule has 0 spiro atoms. The Labute approximate surface area is 108 Å². The van der Waals surface area contributed by atoms with E-state index in [9.17, 15) is 8.42 Å². The lowest BCUT2D eigenvalue weighted by atomic mass is 10.1. The van der Waals surface area contributed by atoms with Crippen molar-refractivity contribution in [2.24, 2.45) is 0 Å². The first-order chi connectivity index (χ1) is 8.34. The monoisotopic (exact) mass is 272 g/mol. The number of hydrogen-bond acceptors (Lipinski definition) is 5. The maximum Gasteiger partial charge on any atom is 0.223 e. The molecule has 102 valence electrons. The molecule has 6 nitrogen and oxygen atoms in total. The molecule has 1 rings (SSSR count). The Balaban J connectivity index is 2.68. The Hall–Kier alpha value is -1.21. The average molecular weight is 272 g/mol. The molecule has 0 aliphatic rings. The van der Waals surface area contributed by atoms with E-state index in [1.54, 1.807) is 0 Å². The fraction of sp³-hybridized carbons (Fsp3) is 0.636. The smallest absolute Gasteiger partial charge is 0.223 e. The van der Waals surface area contributed by atoms with E-state index in [1.165, 1.54) is 7.05 Å². The van der Waals surface area contributed by atoms with Crippen LogP contribution in [-0.4, -0.2) is 37.7 Å². The maximum absolute atomic E-state index is 11.2. The molecule has 0 unspecified atom stereocenters. The molecule has 0 fully saturated rings. The topological polar surface area (TPSA) is 84.0 Å². The molecule has 0 aliphatic heterocycles. The lowest BCUT2D eigenvalue weighted by molar-refractivity contribution is 0.588. The molecule has 0 saturated heterocycles. The first-order valence-electron chi connectivity index (χ1n) is 5.84. The predicted molar refractivity (Wildman–Crippen MR) is 72.2 cm³/mol. The summed E-state index contributed by atoms with van der Waals surface area (Å²) in [7, 11) is -1.80. The highest BCUT2D eigenvalue weighted by Gasteiger charge is 2.08. The number of aromatic nitrogens is 2. The van der Waals surface area contributed by atoms with Crippen molar-refractivity contribution in [3.8, 4) is 0 Å². The van der Waals surface area contributed by atoms with Crippen molar-refractivity contribution in [2.45, 2.75) is 26.7 Å². The zero-order valence-electron chi connectivity index (χ0n) is 11.2. The first-order valence-corrected chi connectivity index (χ1v) is 7.50. The third-order valence-electron chi connectivity index (χ3n) is 2.43. The number of hydrogen-bond donors (Lipinski definition) is 2. The molecule has 0 aromatic carbocycles. The molecule has 0 bridgehead atoms. The molecular weight excluding hydrogens is 252 g/mol. The van der Waals surface area contributed by atoms with Gasteiger partial charge in [0.2, 0.25) is 16.0 Å². The van der Waals surface area contributed by atoms with Crippen LogP contribution in [0.4, 0.5) is 5.95 Å². The quantitative estimate of drug-likeness (QED) is 0.802. The average Bonchev–Trinajstić information content (AvgIpc) is 2.28. The van der Waals surface area contributed by atoms with Crippen molar-refractivity contribution in [3.05, 3.63) is 17.5 Å². The van der Waals surface area contributed by atoms with Crippen molar-refractivity contribution >= 4 is 16.0 Å². The molecule has 2 N–H and O–H groups in total. The highest BCUT2D eigenvalue weighted by atomic mass is 32.2. The van der Waals surface area contributed by atoms with Gasteiger partial charge in [-0.2, -0.15) is 0 Å². The van der Waals surface area contributed by atoms with E-state index in [4.69, 9.17) is 0 Å². The second-order valence-corrected chi connectivity index (χ2v) is 6.41. The summed E-state index contributed by atoms with van der Waals surface area (Å²) >= 11 is 0. The van der Waals surface area contributed by atoms with Crippen LogP contribution in [0.3, 0.4) is 0 Å². The highest BCUT2D eigenvalue weighted by Crippen LogP contribution is 2.14. The molecule has 0 radical (unpaired) electrons. The van der Waals surface area contributed by atoms with Crippen LogP contribution in [0.15, 0.2) is 6.07 Å².